The van der Waals surface area contributed by atoms with Crippen molar-refractivity contribution in [3.63, 3.8) is 0 Å². The Labute approximate surface area is 120 Å². The number of alkyl halides is 3. The maximum Gasteiger partial charge on any atom is 0.573 e. The largest absolute Gasteiger partial charge is 0.573 e. The smallest absolute Gasteiger partial charge is 0.406 e. The maximum atomic E-state index is 12.0. The number of carbonyl (C=O) groups is 1. The summed E-state index contributed by atoms with van der Waals surface area (Å²) in [5.74, 6) is -0.566. The fourth-order valence-corrected chi connectivity index (χ4v) is 1.74. The van der Waals surface area contributed by atoms with Gasteiger partial charge in [-0.15, -0.1) is 13.2 Å². The average molecular weight is 300 g/mol. The molecular weight excluding hydrogens is 285 g/mol. The Kier molecular flexibility index (Phi) is 6.03. The minimum atomic E-state index is -4.73. The fourth-order valence-electron chi connectivity index (χ4n) is 1.74. The van der Waals surface area contributed by atoms with E-state index in [1.165, 1.54) is 17.0 Å². The Hall–Kier alpha value is -2.23. The van der Waals surface area contributed by atoms with Gasteiger partial charge >= 0.3 is 6.36 Å². The number of nitrogens with zero attached hydrogens (tertiary/aromatic N) is 2. The van der Waals surface area contributed by atoms with Crippen LogP contribution in [0, 0.1) is 11.3 Å². The lowest BCUT2D eigenvalue weighted by molar-refractivity contribution is -0.274. The highest BCUT2D eigenvalue weighted by atomic mass is 19.4. The van der Waals surface area contributed by atoms with Gasteiger partial charge in [0.05, 0.1) is 12.5 Å². The summed E-state index contributed by atoms with van der Waals surface area (Å²) in [5, 5.41) is 8.66. The molecule has 4 nitrogen and oxygen atoms in total. The van der Waals surface area contributed by atoms with Crippen LogP contribution in [0.2, 0.25) is 0 Å². The third-order valence-corrected chi connectivity index (χ3v) is 2.62. The lowest BCUT2D eigenvalue weighted by Crippen LogP contribution is -2.33. The lowest BCUT2D eigenvalue weighted by atomic mass is 10.1. The van der Waals surface area contributed by atoms with Gasteiger partial charge in [-0.1, -0.05) is 19.1 Å². The Balaban J connectivity index is 2.66. The molecule has 0 radical (unpaired) electrons. The molecule has 0 aliphatic heterocycles. The van der Waals surface area contributed by atoms with Gasteiger partial charge in [-0.25, -0.2) is 0 Å². The number of halogens is 3. The van der Waals surface area contributed by atoms with Crippen LogP contribution in [0.5, 0.6) is 5.75 Å². The monoisotopic (exact) mass is 300 g/mol. The number of carbonyl (C=O) groups excluding carboxylic acids is 1. The summed E-state index contributed by atoms with van der Waals surface area (Å²) in [6.45, 7) is 2.37. The fraction of sp³-hybridized carbons (Fsp3) is 0.429. The second-order valence-corrected chi connectivity index (χ2v) is 4.34. The van der Waals surface area contributed by atoms with E-state index in [9.17, 15) is 18.0 Å². The van der Waals surface area contributed by atoms with Crippen molar-refractivity contribution in [1.29, 1.82) is 5.26 Å². The second kappa shape index (κ2) is 7.53. The van der Waals surface area contributed by atoms with E-state index >= 15 is 0 Å². The van der Waals surface area contributed by atoms with E-state index in [1.807, 2.05) is 13.0 Å². The molecule has 1 rings (SSSR count). The molecule has 0 aromatic heterocycles. The van der Waals surface area contributed by atoms with Crippen molar-refractivity contribution in [2.75, 3.05) is 13.1 Å². The molecule has 0 saturated carbocycles. The van der Waals surface area contributed by atoms with Crippen molar-refractivity contribution in [3.8, 4) is 11.8 Å². The van der Waals surface area contributed by atoms with Crippen LogP contribution in [-0.4, -0.2) is 30.3 Å². The summed E-state index contributed by atoms with van der Waals surface area (Å²) in [5.41, 5.74) is 0.563. The molecule has 0 aliphatic carbocycles. The van der Waals surface area contributed by atoms with Crippen molar-refractivity contribution in [1.82, 2.24) is 4.90 Å². The SMILES string of the molecule is CCCN(CC#N)C(=O)Cc1ccc(OC(F)(F)F)cc1. The van der Waals surface area contributed by atoms with E-state index in [1.54, 1.807) is 0 Å². The number of amides is 1. The van der Waals surface area contributed by atoms with Crippen molar-refractivity contribution in [2.24, 2.45) is 0 Å². The topological polar surface area (TPSA) is 53.3 Å². The molecular formula is C14H15F3N2O2. The van der Waals surface area contributed by atoms with Crippen molar-refractivity contribution >= 4 is 5.91 Å². The molecule has 0 bridgehead atoms. The Bertz CT molecular complexity index is 506. The van der Waals surface area contributed by atoms with E-state index in [4.69, 9.17) is 5.26 Å². The van der Waals surface area contributed by atoms with E-state index in [0.29, 0.717) is 12.1 Å². The summed E-state index contributed by atoms with van der Waals surface area (Å²) in [4.78, 5) is 13.4. The third kappa shape index (κ3) is 6.17. The highest BCUT2D eigenvalue weighted by molar-refractivity contribution is 5.79. The van der Waals surface area contributed by atoms with Crippen LogP contribution in [0.4, 0.5) is 13.2 Å². The standard InChI is InChI=1S/C14H15F3N2O2/c1-2-8-19(9-7-18)13(20)10-11-3-5-12(6-4-11)21-14(15,16)17/h3-6H,2,8-10H2,1H3. The third-order valence-electron chi connectivity index (χ3n) is 2.62. The van der Waals surface area contributed by atoms with Gasteiger partial charge in [0.25, 0.3) is 0 Å². The summed E-state index contributed by atoms with van der Waals surface area (Å²) >= 11 is 0. The number of hydrogen-bond acceptors (Lipinski definition) is 3. The summed E-state index contributed by atoms with van der Waals surface area (Å²) in [7, 11) is 0. The van der Waals surface area contributed by atoms with E-state index in [2.05, 4.69) is 4.74 Å². The molecule has 0 N–H and O–H groups in total. The first-order chi connectivity index (χ1) is 9.85. The van der Waals surface area contributed by atoms with Gasteiger partial charge in [-0.3, -0.25) is 4.79 Å². The Morgan fingerprint density at radius 2 is 1.95 bits per heavy atom. The molecule has 114 valence electrons. The first-order valence-electron chi connectivity index (χ1n) is 6.35. The summed E-state index contributed by atoms with van der Waals surface area (Å²) in [6, 6.07) is 7.03. The van der Waals surface area contributed by atoms with E-state index in [-0.39, 0.29) is 24.6 Å². The van der Waals surface area contributed by atoms with Gasteiger partial charge in [0.2, 0.25) is 5.91 Å². The quantitative estimate of drug-likeness (QED) is 0.759. The Morgan fingerprint density at radius 1 is 1.33 bits per heavy atom. The van der Waals surface area contributed by atoms with Crippen molar-refractivity contribution in [3.05, 3.63) is 29.8 Å². The zero-order valence-corrected chi connectivity index (χ0v) is 11.5. The minimum Gasteiger partial charge on any atom is -0.406 e. The van der Waals surface area contributed by atoms with Gasteiger partial charge in [0.15, 0.2) is 0 Å². The minimum absolute atomic E-state index is 0.00193. The van der Waals surface area contributed by atoms with E-state index in [0.717, 1.165) is 18.6 Å². The lowest BCUT2D eigenvalue weighted by Gasteiger charge is -2.18. The highest BCUT2D eigenvalue weighted by Gasteiger charge is 2.30. The number of benzene rings is 1. The van der Waals surface area contributed by atoms with E-state index < -0.39 is 6.36 Å². The van der Waals surface area contributed by atoms with Crippen LogP contribution in [0.15, 0.2) is 24.3 Å². The highest BCUT2D eigenvalue weighted by Crippen LogP contribution is 2.22. The molecule has 0 heterocycles. The predicted octanol–water partition coefficient (Wildman–Crippen LogP) is 2.89. The van der Waals surface area contributed by atoms with Gasteiger partial charge in [-0.2, -0.15) is 5.26 Å². The first kappa shape index (κ1) is 16.8. The van der Waals surface area contributed by atoms with Crippen LogP contribution in [0.1, 0.15) is 18.9 Å². The van der Waals surface area contributed by atoms with Crippen molar-refractivity contribution in [2.45, 2.75) is 26.1 Å². The van der Waals surface area contributed by atoms with Crippen LogP contribution in [0.25, 0.3) is 0 Å². The predicted molar refractivity (Wildman–Crippen MR) is 69.3 cm³/mol. The number of ether oxygens (including phenoxy) is 1. The molecule has 0 aliphatic rings. The molecule has 1 amide bonds. The molecule has 0 spiro atoms. The number of hydrogen-bond donors (Lipinski definition) is 0. The number of rotatable bonds is 6. The molecule has 0 unspecified atom stereocenters. The van der Waals surface area contributed by atoms with Gasteiger partial charge < -0.3 is 9.64 Å². The first-order valence-corrected chi connectivity index (χ1v) is 6.35. The maximum absolute atomic E-state index is 12.0. The second-order valence-electron chi connectivity index (χ2n) is 4.34. The van der Waals surface area contributed by atoms with Gasteiger partial charge in [0, 0.05) is 6.54 Å². The molecule has 0 saturated heterocycles. The molecule has 0 fully saturated rings. The van der Waals surface area contributed by atoms with Crippen LogP contribution >= 0.6 is 0 Å². The van der Waals surface area contributed by atoms with Gasteiger partial charge in [-0.05, 0) is 24.1 Å². The zero-order valence-electron chi connectivity index (χ0n) is 11.5. The summed E-state index contributed by atoms with van der Waals surface area (Å²) < 4.78 is 39.8. The molecule has 1 aromatic carbocycles. The molecule has 0 atom stereocenters. The van der Waals surface area contributed by atoms with Crippen LogP contribution in [-0.2, 0) is 11.2 Å². The molecule has 21 heavy (non-hydrogen) atoms. The van der Waals surface area contributed by atoms with Crippen LogP contribution in [0.3, 0.4) is 0 Å². The van der Waals surface area contributed by atoms with Crippen molar-refractivity contribution < 1.29 is 22.7 Å². The Morgan fingerprint density at radius 3 is 2.43 bits per heavy atom. The zero-order chi connectivity index (χ0) is 15.9. The van der Waals surface area contributed by atoms with Crippen LogP contribution < -0.4 is 4.74 Å². The summed E-state index contributed by atoms with van der Waals surface area (Å²) in [6.07, 6.45) is -3.97. The average Bonchev–Trinajstić information content (AvgIpc) is 2.39. The normalized spacial score (nSPS) is 10.8. The molecule has 7 heteroatoms. The number of nitriles is 1. The molecule has 1 aromatic rings. The van der Waals surface area contributed by atoms with Gasteiger partial charge in [0.1, 0.15) is 12.3 Å².